The van der Waals surface area contributed by atoms with E-state index in [4.69, 9.17) is 4.74 Å². The Morgan fingerprint density at radius 3 is 2.21 bits per heavy atom. The largest absolute Gasteiger partial charge is 0.392 e. The first kappa shape index (κ1) is 20.8. The molecule has 0 unspecified atom stereocenters. The molecular formula is C22H36O6. The van der Waals surface area contributed by atoms with Crippen LogP contribution in [0.1, 0.15) is 54.4 Å². The van der Waals surface area contributed by atoms with E-state index in [9.17, 15) is 25.5 Å². The Morgan fingerprint density at radius 1 is 1.11 bits per heavy atom. The molecule has 0 radical (unpaired) electrons. The average Bonchev–Trinajstić information content (AvgIpc) is 2.85. The third-order valence-corrected chi connectivity index (χ3v) is 9.39. The van der Waals surface area contributed by atoms with Gasteiger partial charge in [-0.1, -0.05) is 20.8 Å². The normalized spacial score (nSPS) is 56.5. The first-order chi connectivity index (χ1) is 12.7. The maximum Gasteiger partial charge on any atom is 0.103 e. The van der Waals surface area contributed by atoms with Crippen LogP contribution in [0.5, 0.6) is 0 Å². The van der Waals surface area contributed by atoms with Gasteiger partial charge in [0.2, 0.25) is 0 Å². The number of aliphatic hydroxyl groups is 5. The van der Waals surface area contributed by atoms with Gasteiger partial charge in [0.05, 0.1) is 36.6 Å². The van der Waals surface area contributed by atoms with Crippen molar-refractivity contribution in [3.8, 4) is 0 Å². The van der Waals surface area contributed by atoms with Crippen LogP contribution in [0.4, 0.5) is 0 Å². The van der Waals surface area contributed by atoms with Crippen molar-refractivity contribution in [2.24, 2.45) is 28.1 Å². The van der Waals surface area contributed by atoms with E-state index in [2.05, 4.69) is 13.8 Å². The fourth-order valence-corrected chi connectivity index (χ4v) is 7.90. The number of fused-ring (bicyclic) bond motifs is 4. The van der Waals surface area contributed by atoms with Crippen LogP contribution in [0.2, 0.25) is 0 Å². The van der Waals surface area contributed by atoms with Gasteiger partial charge in [-0.25, -0.2) is 0 Å². The smallest absolute Gasteiger partial charge is 0.103 e. The maximum atomic E-state index is 11.4. The second-order valence-electron chi connectivity index (χ2n) is 10.9. The number of hydrogen-bond acceptors (Lipinski definition) is 6. The van der Waals surface area contributed by atoms with E-state index in [1.165, 1.54) is 0 Å². The Balaban J connectivity index is 2.02. The Bertz CT molecular complexity index is 712. The van der Waals surface area contributed by atoms with Crippen molar-refractivity contribution in [3.05, 3.63) is 11.1 Å². The molecule has 1 heterocycles. The molecule has 1 saturated heterocycles. The summed E-state index contributed by atoms with van der Waals surface area (Å²) in [6.07, 6.45) is -3.44. The Labute approximate surface area is 167 Å². The molecule has 10 atom stereocenters. The summed E-state index contributed by atoms with van der Waals surface area (Å²) in [7, 11) is 0. The SMILES string of the molecule is CC1=C2[C@H](O)[C@H](O)[C@@]3(C)[C@H]([C@H](C)[C@]2(C(C)(C)O)C[C@@H]1O)[C@]1(C)CO[C@@H]1C[C@@H]3O. The molecule has 0 bridgehead atoms. The highest BCUT2D eigenvalue weighted by Crippen LogP contribution is 2.70. The van der Waals surface area contributed by atoms with Gasteiger partial charge in [-0.05, 0) is 50.2 Å². The summed E-state index contributed by atoms with van der Waals surface area (Å²) in [5, 5.41) is 56.1. The molecule has 160 valence electrons. The van der Waals surface area contributed by atoms with Crippen molar-refractivity contribution in [1.82, 2.24) is 0 Å². The van der Waals surface area contributed by atoms with Crippen molar-refractivity contribution in [1.29, 1.82) is 0 Å². The minimum absolute atomic E-state index is 0.107. The van der Waals surface area contributed by atoms with Crippen LogP contribution in [-0.4, -0.2) is 68.3 Å². The van der Waals surface area contributed by atoms with Gasteiger partial charge in [0, 0.05) is 22.7 Å². The van der Waals surface area contributed by atoms with E-state index >= 15 is 0 Å². The van der Waals surface area contributed by atoms with Gasteiger partial charge in [0.15, 0.2) is 0 Å². The summed E-state index contributed by atoms with van der Waals surface area (Å²) in [6.45, 7) is 11.8. The van der Waals surface area contributed by atoms with E-state index in [0.717, 1.165) is 0 Å². The summed E-state index contributed by atoms with van der Waals surface area (Å²) >= 11 is 0. The topological polar surface area (TPSA) is 110 Å². The van der Waals surface area contributed by atoms with Gasteiger partial charge < -0.3 is 30.3 Å². The average molecular weight is 397 g/mol. The summed E-state index contributed by atoms with van der Waals surface area (Å²) in [5.41, 5.74) is -2.18. The fraction of sp³-hybridized carbons (Fsp3) is 0.909. The second-order valence-corrected chi connectivity index (χ2v) is 10.9. The fourth-order valence-electron chi connectivity index (χ4n) is 7.90. The molecule has 0 aromatic rings. The molecular weight excluding hydrogens is 360 g/mol. The summed E-state index contributed by atoms with van der Waals surface area (Å²) < 4.78 is 5.80. The minimum Gasteiger partial charge on any atom is -0.392 e. The Hall–Kier alpha value is -0.500. The molecule has 3 fully saturated rings. The minimum atomic E-state index is -1.25. The predicted octanol–water partition coefficient (Wildman–Crippen LogP) is 0.989. The van der Waals surface area contributed by atoms with Crippen LogP contribution in [0.15, 0.2) is 11.1 Å². The van der Waals surface area contributed by atoms with Gasteiger partial charge in [0.1, 0.15) is 6.10 Å². The monoisotopic (exact) mass is 396 g/mol. The molecule has 0 amide bonds. The van der Waals surface area contributed by atoms with Crippen LogP contribution in [0, 0.1) is 28.1 Å². The lowest BCUT2D eigenvalue weighted by Gasteiger charge is -2.66. The lowest BCUT2D eigenvalue weighted by atomic mass is 9.44. The van der Waals surface area contributed by atoms with E-state index < -0.39 is 40.8 Å². The number of hydrogen-bond donors (Lipinski definition) is 5. The quantitative estimate of drug-likeness (QED) is 0.423. The van der Waals surface area contributed by atoms with E-state index in [-0.39, 0.29) is 23.4 Å². The lowest BCUT2D eigenvalue weighted by molar-refractivity contribution is -0.310. The first-order valence-corrected chi connectivity index (χ1v) is 10.5. The van der Waals surface area contributed by atoms with Gasteiger partial charge in [-0.3, -0.25) is 0 Å². The molecule has 1 aliphatic heterocycles. The molecule has 3 aliphatic carbocycles. The lowest BCUT2D eigenvalue weighted by Crippen LogP contribution is -2.71. The number of rotatable bonds is 1. The zero-order chi connectivity index (χ0) is 21.0. The van der Waals surface area contributed by atoms with Crippen LogP contribution < -0.4 is 0 Å². The standard InChI is InChI=1S/C22H36O6/c1-10-12(23)8-22(19(3,4)27)11(2)17-20(5)9-28-14(20)7-13(24)21(17,6)18(26)16(25)15(10)22/h11-14,16-18,23-27H,7-9H2,1-6H3/t11-,12-,13-,14+,16-,17+,18-,20+,21+,22+/m0/s1. The zero-order valence-electron chi connectivity index (χ0n) is 17.8. The summed E-state index contributed by atoms with van der Waals surface area (Å²) in [4.78, 5) is 0. The number of aliphatic hydroxyl groups excluding tert-OH is 4. The molecule has 4 aliphatic rings. The molecule has 6 nitrogen and oxygen atoms in total. The molecule has 0 aromatic carbocycles. The molecule has 4 rings (SSSR count). The van der Waals surface area contributed by atoms with Crippen LogP contribution >= 0.6 is 0 Å². The van der Waals surface area contributed by atoms with Crippen molar-refractivity contribution in [2.45, 2.75) is 90.5 Å². The summed E-state index contributed by atoms with van der Waals surface area (Å²) in [5.74, 6) is -0.396. The van der Waals surface area contributed by atoms with Gasteiger partial charge in [0.25, 0.3) is 0 Å². The van der Waals surface area contributed by atoms with Crippen LogP contribution in [-0.2, 0) is 4.74 Å². The van der Waals surface area contributed by atoms with Crippen molar-refractivity contribution in [3.63, 3.8) is 0 Å². The van der Waals surface area contributed by atoms with Crippen LogP contribution in [0.3, 0.4) is 0 Å². The van der Waals surface area contributed by atoms with Crippen LogP contribution in [0.25, 0.3) is 0 Å². The highest BCUT2D eigenvalue weighted by atomic mass is 16.5. The van der Waals surface area contributed by atoms with Crippen molar-refractivity contribution in [2.75, 3.05) is 6.61 Å². The third kappa shape index (κ3) is 2.09. The van der Waals surface area contributed by atoms with Gasteiger partial charge >= 0.3 is 0 Å². The molecule has 5 N–H and O–H groups in total. The number of ether oxygens (including phenoxy) is 1. The van der Waals surface area contributed by atoms with Crippen molar-refractivity contribution >= 4 is 0 Å². The zero-order valence-corrected chi connectivity index (χ0v) is 17.8. The van der Waals surface area contributed by atoms with Gasteiger partial charge in [-0.2, -0.15) is 0 Å². The molecule has 28 heavy (non-hydrogen) atoms. The maximum absolute atomic E-state index is 11.4. The third-order valence-electron chi connectivity index (χ3n) is 9.39. The Kier molecular flexibility index (Phi) is 4.30. The highest BCUT2D eigenvalue weighted by Gasteiger charge is 2.73. The molecule has 2 saturated carbocycles. The first-order valence-electron chi connectivity index (χ1n) is 10.5. The molecule has 0 spiro atoms. The molecule has 6 heteroatoms. The molecule has 0 aromatic heterocycles. The van der Waals surface area contributed by atoms with E-state index in [1.807, 2.05) is 6.92 Å². The Morgan fingerprint density at radius 2 is 1.71 bits per heavy atom. The highest BCUT2D eigenvalue weighted by molar-refractivity contribution is 5.41. The van der Waals surface area contributed by atoms with Gasteiger partial charge in [-0.15, -0.1) is 0 Å². The predicted molar refractivity (Wildman–Crippen MR) is 103 cm³/mol. The van der Waals surface area contributed by atoms with E-state index in [0.29, 0.717) is 30.6 Å². The summed E-state index contributed by atoms with van der Waals surface area (Å²) in [6, 6.07) is 0. The van der Waals surface area contributed by atoms with Crippen molar-refractivity contribution < 1.29 is 30.3 Å². The second kappa shape index (κ2) is 5.80. The van der Waals surface area contributed by atoms with E-state index in [1.54, 1.807) is 20.8 Å².